The molecule has 3 rings (SSSR count). The summed E-state index contributed by atoms with van der Waals surface area (Å²) in [4.78, 5) is 36.3. The summed E-state index contributed by atoms with van der Waals surface area (Å²) in [6, 6.07) is 12.6. The number of nitrogens with zero attached hydrogens (tertiary/aromatic N) is 1. The van der Waals surface area contributed by atoms with Gasteiger partial charge < -0.3 is 14.9 Å². The van der Waals surface area contributed by atoms with Crippen LogP contribution < -0.4 is 10.2 Å². The number of ether oxygens (including phenoxy) is 1. The zero-order valence-electron chi connectivity index (χ0n) is 18.7. The minimum Gasteiger partial charge on any atom is -0.507 e. The van der Waals surface area contributed by atoms with Crippen LogP contribution in [-0.4, -0.2) is 41.0 Å². The normalized spacial score (nSPS) is 11.6. The van der Waals surface area contributed by atoms with E-state index in [0.29, 0.717) is 28.0 Å². The van der Waals surface area contributed by atoms with Gasteiger partial charge in [0.1, 0.15) is 5.75 Å². The molecule has 1 heterocycles. The number of aldehydes is 1. The Hall–Kier alpha value is -4.50. The minimum atomic E-state index is -0.398. The van der Waals surface area contributed by atoms with Crippen molar-refractivity contribution in [3.8, 4) is 17.2 Å². The lowest BCUT2D eigenvalue weighted by atomic mass is 10.1. The highest BCUT2D eigenvalue weighted by Crippen LogP contribution is 2.26. The van der Waals surface area contributed by atoms with Crippen molar-refractivity contribution in [1.82, 2.24) is 5.43 Å². The van der Waals surface area contributed by atoms with Gasteiger partial charge in [0.2, 0.25) is 0 Å². The number of carbonyl (C=O) groups excluding carboxylic acids is 3. The second-order valence-electron chi connectivity index (χ2n) is 7.20. The maximum Gasteiger partial charge on any atom is 0.281 e. The van der Waals surface area contributed by atoms with Crippen molar-refractivity contribution in [3.63, 3.8) is 0 Å². The Balaban J connectivity index is 1.78. The van der Waals surface area contributed by atoms with Crippen LogP contribution in [0.25, 0.3) is 12.2 Å². The Morgan fingerprint density at radius 1 is 1.03 bits per heavy atom. The van der Waals surface area contributed by atoms with E-state index < -0.39 is 5.91 Å². The van der Waals surface area contributed by atoms with Crippen molar-refractivity contribution in [3.05, 3.63) is 87.6 Å². The summed E-state index contributed by atoms with van der Waals surface area (Å²) in [7, 11) is 1.44. The molecule has 0 atom stereocenters. The molecule has 0 saturated heterocycles. The van der Waals surface area contributed by atoms with E-state index in [1.807, 2.05) is 0 Å². The van der Waals surface area contributed by atoms with Gasteiger partial charge in [-0.1, -0.05) is 30.4 Å². The van der Waals surface area contributed by atoms with Crippen molar-refractivity contribution in [2.75, 3.05) is 7.11 Å². The number of thiophene rings is 1. The molecule has 9 heteroatoms. The molecule has 3 N–H and O–H groups in total. The topological polar surface area (TPSA) is 125 Å². The van der Waals surface area contributed by atoms with Gasteiger partial charge in [-0.05, 0) is 59.0 Å². The summed E-state index contributed by atoms with van der Waals surface area (Å²) in [5.41, 5.74) is 4.11. The molecule has 0 aliphatic rings. The number of hydrogen-bond donors (Lipinski definition) is 3. The first-order valence-electron chi connectivity index (χ1n) is 10.3. The largest absolute Gasteiger partial charge is 0.507 e. The SMILES string of the molecule is COc1cc(/C=C/C(CC(=O)/C=C/c2ccc(O)c(C=O)c2)=N\NC(=O)c2cccs2)ccc1O. The van der Waals surface area contributed by atoms with E-state index in [1.54, 1.807) is 47.9 Å². The minimum absolute atomic E-state index is 0.00552. The quantitative estimate of drug-likeness (QED) is 0.167. The number of phenols is 2. The number of phenolic OH excluding ortho intramolecular Hbond substituents is 2. The molecule has 3 aromatic rings. The average Bonchev–Trinajstić information content (AvgIpc) is 3.41. The lowest BCUT2D eigenvalue weighted by Crippen LogP contribution is -2.19. The van der Waals surface area contributed by atoms with Crippen LogP contribution in [0.4, 0.5) is 0 Å². The molecule has 35 heavy (non-hydrogen) atoms. The number of hydrazone groups is 1. The molecule has 8 nitrogen and oxygen atoms in total. The van der Waals surface area contributed by atoms with Gasteiger partial charge in [0, 0.05) is 0 Å². The third kappa shape index (κ3) is 7.24. The Morgan fingerprint density at radius 2 is 1.74 bits per heavy atom. The predicted octanol–water partition coefficient (Wildman–Crippen LogP) is 4.45. The molecule has 0 saturated carbocycles. The molecule has 0 spiro atoms. The first-order chi connectivity index (χ1) is 16.9. The fourth-order valence-corrected chi connectivity index (χ4v) is 3.52. The summed E-state index contributed by atoms with van der Waals surface area (Å²) >= 11 is 1.26. The third-order valence-corrected chi connectivity index (χ3v) is 5.58. The predicted molar refractivity (Wildman–Crippen MR) is 135 cm³/mol. The van der Waals surface area contributed by atoms with Crippen molar-refractivity contribution >= 4 is 47.2 Å². The summed E-state index contributed by atoms with van der Waals surface area (Å²) in [5, 5.41) is 25.2. The standard InChI is InChI=1S/C26H22N2O6S/c1-34-24-14-18(7-11-23(24)32)4-8-20(27-28-26(33)25-3-2-12-35-25)15-21(30)9-5-17-6-10-22(31)19(13-17)16-29/h2-14,16,31-32H,15H2,1H3,(H,28,33)/b8-4+,9-5+,27-20+. The van der Waals surface area contributed by atoms with Crippen molar-refractivity contribution in [1.29, 1.82) is 0 Å². The zero-order valence-corrected chi connectivity index (χ0v) is 19.5. The number of rotatable bonds is 10. The Morgan fingerprint density at radius 3 is 2.43 bits per heavy atom. The number of aromatic hydroxyl groups is 2. The molecule has 178 valence electrons. The van der Waals surface area contributed by atoms with E-state index in [0.717, 1.165) is 0 Å². The first-order valence-corrected chi connectivity index (χ1v) is 11.2. The van der Waals surface area contributed by atoms with Crippen LogP contribution in [0.2, 0.25) is 0 Å². The van der Waals surface area contributed by atoms with Crippen LogP contribution >= 0.6 is 11.3 Å². The highest BCUT2D eigenvalue weighted by Gasteiger charge is 2.08. The number of hydrogen-bond acceptors (Lipinski definition) is 8. The number of amides is 1. The molecular weight excluding hydrogens is 468 g/mol. The molecule has 0 aliphatic heterocycles. The van der Waals surface area contributed by atoms with Crippen LogP contribution in [-0.2, 0) is 4.79 Å². The zero-order chi connectivity index (χ0) is 25.2. The van der Waals surface area contributed by atoms with Gasteiger partial charge in [0.05, 0.1) is 29.7 Å². The van der Waals surface area contributed by atoms with Crippen LogP contribution in [0.3, 0.4) is 0 Å². The lowest BCUT2D eigenvalue weighted by molar-refractivity contribution is -0.113. The second-order valence-corrected chi connectivity index (χ2v) is 8.15. The summed E-state index contributed by atoms with van der Waals surface area (Å²) < 4.78 is 5.10. The van der Waals surface area contributed by atoms with Gasteiger partial charge >= 0.3 is 0 Å². The van der Waals surface area contributed by atoms with Crippen LogP contribution in [0.1, 0.15) is 37.6 Å². The van der Waals surface area contributed by atoms with E-state index >= 15 is 0 Å². The molecule has 0 fully saturated rings. The van der Waals surface area contributed by atoms with Gasteiger partial charge in [-0.3, -0.25) is 14.4 Å². The van der Waals surface area contributed by atoms with Crippen LogP contribution in [0.5, 0.6) is 17.2 Å². The fourth-order valence-electron chi connectivity index (χ4n) is 2.91. The Labute approximate surface area is 205 Å². The van der Waals surface area contributed by atoms with Gasteiger partial charge in [0.15, 0.2) is 23.6 Å². The molecule has 2 aromatic carbocycles. The smallest absolute Gasteiger partial charge is 0.281 e. The maximum atomic E-state index is 12.6. The third-order valence-electron chi connectivity index (χ3n) is 4.71. The molecule has 0 bridgehead atoms. The van der Waals surface area contributed by atoms with Crippen molar-refractivity contribution < 1.29 is 29.3 Å². The molecular formula is C26H22N2O6S. The number of carbonyl (C=O) groups is 3. The molecule has 1 amide bonds. The van der Waals surface area contributed by atoms with E-state index in [2.05, 4.69) is 10.5 Å². The highest BCUT2D eigenvalue weighted by molar-refractivity contribution is 7.12. The second kappa shape index (κ2) is 12.1. The van der Waals surface area contributed by atoms with Gasteiger partial charge in [-0.25, -0.2) is 5.43 Å². The first kappa shape index (κ1) is 25.1. The van der Waals surface area contributed by atoms with E-state index in [4.69, 9.17) is 4.74 Å². The summed E-state index contributed by atoms with van der Waals surface area (Å²) in [5.74, 6) is -0.558. The number of benzene rings is 2. The van der Waals surface area contributed by atoms with Crippen molar-refractivity contribution in [2.24, 2.45) is 5.10 Å². The Bertz CT molecular complexity index is 1310. The molecule has 1 aromatic heterocycles. The fraction of sp³-hybridized carbons (Fsp3) is 0.0769. The number of ketones is 1. The van der Waals surface area contributed by atoms with Gasteiger partial charge in [0.25, 0.3) is 5.91 Å². The molecule has 0 aliphatic carbocycles. The lowest BCUT2D eigenvalue weighted by Gasteiger charge is -2.04. The highest BCUT2D eigenvalue weighted by atomic mass is 32.1. The maximum absolute atomic E-state index is 12.6. The monoisotopic (exact) mass is 490 g/mol. The molecule has 0 unspecified atom stereocenters. The summed E-state index contributed by atoms with van der Waals surface area (Å²) in [6.07, 6.45) is 6.51. The van der Waals surface area contributed by atoms with Gasteiger partial charge in [-0.2, -0.15) is 5.10 Å². The van der Waals surface area contributed by atoms with E-state index in [9.17, 15) is 24.6 Å². The number of allylic oxidation sites excluding steroid dienone is 2. The van der Waals surface area contributed by atoms with E-state index in [-0.39, 0.29) is 35.0 Å². The molecule has 0 radical (unpaired) electrons. The van der Waals surface area contributed by atoms with E-state index in [1.165, 1.54) is 48.8 Å². The average molecular weight is 491 g/mol. The summed E-state index contributed by atoms with van der Waals surface area (Å²) in [6.45, 7) is 0. The Kier molecular flexibility index (Phi) is 8.69. The van der Waals surface area contributed by atoms with Crippen LogP contribution in [0.15, 0.2) is 71.2 Å². The van der Waals surface area contributed by atoms with Crippen LogP contribution in [0, 0.1) is 0 Å². The van der Waals surface area contributed by atoms with Crippen molar-refractivity contribution in [2.45, 2.75) is 6.42 Å². The number of methoxy groups -OCH3 is 1. The van der Waals surface area contributed by atoms with Gasteiger partial charge in [-0.15, -0.1) is 11.3 Å². The number of nitrogens with one attached hydrogen (secondary N) is 1.